The van der Waals surface area contributed by atoms with Crippen molar-refractivity contribution >= 4 is 33.2 Å². The van der Waals surface area contributed by atoms with Crippen LogP contribution in [0.15, 0.2) is 15.9 Å². The Bertz CT molecular complexity index is 451. The van der Waals surface area contributed by atoms with Crippen LogP contribution in [-0.2, 0) is 4.79 Å². The predicted octanol–water partition coefficient (Wildman–Crippen LogP) is 2.11. The summed E-state index contributed by atoms with van der Waals surface area (Å²) in [6, 6.07) is 2.14. The molecule has 3 N–H and O–H groups in total. The van der Waals surface area contributed by atoms with Crippen LogP contribution in [0.5, 0.6) is 0 Å². The first-order valence-corrected chi connectivity index (χ1v) is 8.24. The SMILES string of the molecule is CCC(N)C(c1cc(Br)cs1)N1CCNC(=O)C1C. The fraction of sp³-hybridized carbons (Fsp3) is 0.615. The molecule has 1 aromatic heterocycles. The number of nitrogens with zero attached hydrogens (tertiary/aromatic N) is 1. The zero-order valence-electron chi connectivity index (χ0n) is 11.2. The highest BCUT2D eigenvalue weighted by Crippen LogP contribution is 2.33. The lowest BCUT2D eigenvalue weighted by atomic mass is 10.00. The van der Waals surface area contributed by atoms with Crippen molar-refractivity contribution in [3.63, 3.8) is 0 Å². The highest BCUT2D eigenvalue weighted by molar-refractivity contribution is 9.10. The molecule has 0 aliphatic carbocycles. The summed E-state index contributed by atoms with van der Waals surface area (Å²) in [5.41, 5.74) is 6.31. The number of piperazine rings is 1. The minimum Gasteiger partial charge on any atom is -0.353 e. The van der Waals surface area contributed by atoms with Gasteiger partial charge in [-0.15, -0.1) is 11.3 Å². The van der Waals surface area contributed by atoms with Gasteiger partial charge in [0.1, 0.15) is 0 Å². The molecule has 0 radical (unpaired) electrons. The first kappa shape index (κ1) is 15.0. The van der Waals surface area contributed by atoms with Gasteiger partial charge in [0, 0.05) is 33.9 Å². The molecule has 2 rings (SSSR count). The number of hydrogen-bond acceptors (Lipinski definition) is 4. The Morgan fingerprint density at radius 2 is 2.42 bits per heavy atom. The van der Waals surface area contributed by atoms with Gasteiger partial charge < -0.3 is 11.1 Å². The lowest BCUT2D eigenvalue weighted by molar-refractivity contribution is -0.129. The lowest BCUT2D eigenvalue weighted by Crippen LogP contribution is -2.57. The van der Waals surface area contributed by atoms with Gasteiger partial charge in [-0.05, 0) is 35.3 Å². The standard InChI is InChI=1S/C13H20BrN3OS/c1-3-10(15)12(11-6-9(14)7-19-11)17-5-4-16-13(18)8(17)2/h6-8,10,12H,3-5,15H2,1-2H3,(H,16,18). The van der Waals surface area contributed by atoms with E-state index in [2.05, 4.69) is 44.5 Å². The van der Waals surface area contributed by atoms with Gasteiger partial charge in [0.25, 0.3) is 0 Å². The van der Waals surface area contributed by atoms with Crippen molar-refractivity contribution in [1.29, 1.82) is 0 Å². The van der Waals surface area contributed by atoms with Crippen LogP contribution < -0.4 is 11.1 Å². The van der Waals surface area contributed by atoms with Crippen LogP contribution in [0.2, 0.25) is 0 Å². The topological polar surface area (TPSA) is 58.4 Å². The maximum absolute atomic E-state index is 11.9. The van der Waals surface area contributed by atoms with Crippen molar-refractivity contribution in [2.45, 2.75) is 38.4 Å². The first-order chi connectivity index (χ1) is 9.04. The number of halogens is 1. The number of nitrogens with one attached hydrogen (secondary N) is 1. The highest BCUT2D eigenvalue weighted by atomic mass is 79.9. The van der Waals surface area contributed by atoms with Gasteiger partial charge in [0.2, 0.25) is 5.91 Å². The lowest BCUT2D eigenvalue weighted by Gasteiger charge is -2.40. The maximum Gasteiger partial charge on any atom is 0.237 e. The van der Waals surface area contributed by atoms with Crippen molar-refractivity contribution in [2.75, 3.05) is 13.1 Å². The van der Waals surface area contributed by atoms with Crippen molar-refractivity contribution < 1.29 is 4.79 Å². The fourth-order valence-electron chi connectivity index (χ4n) is 2.51. The minimum atomic E-state index is -0.128. The van der Waals surface area contributed by atoms with Gasteiger partial charge in [-0.3, -0.25) is 9.69 Å². The molecule has 106 valence electrons. The Labute approximate surface area is 126 Å². The smallest absolute Gasteiger partial charge is 0.237 e. The largest absolute Gasteiger partial charge is 0.353 e. The Morgan fingerprint density at radius 3 is 3.00 bits per heavy atom. The molecule has 0 spiro atoms. The summed E-state index contributed by atoms with van der Waals surface area (Å²) in [7, 11) is 0. The summed E-state index contributed by atoms with van der Waals surface area (Å²) < 4.78 is 1.08. The number of hydrogen-bond donors (Lipinski definition) is 2. The van der Waals surface area contributed by atoms with Crippen molar-refractivity contribution in [2.24, 2.45) is 5.73 Å². The third-order valence-corrected chi connectivity index (χ3v) is 5.42. The van der Waals surface area contributed by atoms with Gasteiger partial charge in [0.05, 0.1) is 12.1 Å². The molecule has 1 aromatic rings. The van der Waals surface area contributed by atoms with Crippen LogP contribution in [0.25, 0.3) is 0 Å². The van der Waals surface area contributed by atoms with Gasteiger partial charge in [-0.25, -0.2) is 0 Å². The number of carbonyl (C=O) groups excluding carboxylic acids is 1. The summed E-state index contributed by atoms with van der Waals surface area (Å²) >= 11 is 5.19. The molecule has 3 unspecified atom stereocenters. The average molecular weight is 346 g/mol. The van der Waals surface area contributed by atoms with Gasteiger partial charge >= 0.3 is 0 Å². The van der Waals surface area contributed by atoms with E-state index in [1.54, 1.807) is 11.3 Å². The van der Waals surface area contributed by atoms with E-state index < -0.39 is 0 Å². The second-order valence-corrected chi connectivity index (χ2v) is 6.75. The maximum atomic E-state index is 11.9. The Balaban J connectivity index is 2.29. The van der Waals surface area contributed by atoms with Crippen molar-refractivity contribution in [3.8, 4) is 0 Å². The molecule has 3 atom stereocenters. The Hall–Kier alpha value is -0.430. The summed E-state index contributed by atoms with van der Waals surface area (Å²) in [4.78, 5) is 15.3. The molecular weight excluding hydrogens is 326 g/mol. The summed E-state index contributed by atoms with van der Waals surface area (Å²) in [5, 5.41) is 4.97. The zero-order valence-corrected chi connectivity index (χ0v) is 13.6. The minimum absolute atomic E-state index is 0.0406. The first-order valence-electron chi connectivity index (χ1n) is 6.57. The molecule has 1 aliphatic heterocycles. The third kappa shape index (κ3) is 3.18. The number of rotatable bonds is 4. The molecular formula is C13H20BrN3OS. The molecule has 1 amide bonds. The second-order valence-electron chi connectivity index (χ2n) is 4.89. The third-order valence-electron chi connectivity index (χ3n) is 3.66. The van der Waals surface area contributed by atoms with E-state index in [1.165, 1.54) is 4.88 Å². The number of amides is 1. The van der Waals surface area contributed by atoms with E-state index in [-0.39, 0.29) is 24.0 Å². The van der Waals surface area contributed by atoms with Crippen molar-refractivity contribution in [1.82, 2.24) is 10.2 Å². The quantitative estimate of drug-likeness (QED) is 0.878. The number of thiophene rings is 1. The van der Waals surface area contributed by atoms with Crippen LogP contribution in [0, 0.1) is 0 Å². The zero-order chi connectivity index (χ0) is 14.0. The van der Waals surface area contributed by atoms with Crippen LogP contribution in [0.1, 0.15) is 31.2 Å². The molecule has 1 saturated heterocycles. The molecule has 19 heavy (non-hydrogen) atoms. The molecule has 0 saturated carbocycles. The Kier molecular flexibility index (Phi) is 5.00. The molecule has 1 fully saturated rings. The normalized spacial score (nSPS) is 24.0. The number of nitrogens with two attached hydrogens (primary N) is 1. The van der Waals surface area contributed by atoms with E-state index in [0.29, 0.717) is 6.54 Å². The van der Waals surface area contributed by atoms with Crippen LogP contribution in [0.3, 0.4) is 0 Å². The van der Waals surface area contributed by atoms with E-state index in [4.69, 9.17) is 5.73 Å². The van der Waals surface area contributed by atoms with Gasteiger partial charge in [-0.2, -0.15) is 0 Å². The second kappa shape index (κ2) is 6.35. The summed E-state index contributed by atoms with van der Waals surface area (Å²) in [5.74, 6) is 0.0928. The molecule has 0 aromatic carbocycles. The predicted molar refractivity (Wildman–Crippen MR) is 82.2 cm³/mol. The summed E-state index contributed by atoms with van der Waals surface area (Å²) in [6.07, 6.45) is 0.894. The molecule has 2 heterocycles. The van der Waals surface area contributed by atoms with E-state index in [1.807, 2.05) is 6.92 Å². The molecule has 1 aliphatic rings. The fourth-order valence-corrected chi connectivity index (χ4v) is 4.15. The number of carbonyl (C=O) groups is 1. The monoisotopic (exact) mass is 345 g/mol. The molecule has 6 heteroatoms. The van der Waals surface area contributed by atoms with Gasteiger partial charge in [0.15, 0.2) is 0 Å². The van der Waals surface area contributed by atoms with Crippen LogP contribution in [-0.4, -0.2) is 36.0 Å². The van der Waals surface area contributed by atoms with Crippen molar-refractivity contribution in [3.05, 3.63) is 20.8 Å². The van der Waals surface area contributed by atoms with E-state index in [0.717, 1.165) is 17.4 Å². The van der Waals surface area contributed by atoms with Crippen LogP contribution >= 0.6 is 27.3 Å². The highest BCUT2D eigenvalue weighted by Gasteiger charge is 2.35. The molecule has 0 bridgehead atoms. The van der Waals surface area contributed by atoms with Gasteiger partial charge in [-0.1, -0.05) is 6.92 Å². The van der Waals surface area contributed by atoms with E-state index >= 15 is 0 Å². The van der Waals surface area contributed by atoms with E-state index in [9.17, 15) is 4.79 Å². The Morgan fingerprint density at radius 1 is 1.68 bits per heavy atom. The summed E-state index contributed by atoms with van der Waals surface area (Å²) in [6.45, 7) is 5.59. The molecule has 4 nitrogen and oxygen atoms in total. The average Bonchev–Trinajstić information content (AvgIpc) is 2.81. The van der Waals surface area contributed by atoms with Crippen LogP contribution in [0.4, 0.5) is 0 Å².